The molecule has 2 aromatic rings. The van der Waals surface area contributed by atoms with Crippen molar-refractivity contribution in [2.75, 3.05) is 56.1 Å². The molecule has 148 valence electrons. The molecule has 1 aromatic carbocycles. The molecule has 0 atom stereocenters. The molecule has 1 saturated heterocycles. The van der Waals surface area contributed by atoms with Crippen molar-refractivity contribution in [2.45, 2.75) is 12.8 Å². The highest BCUT2D eigenvalue weighted by Gasteiger charge is 2.18. The number of hydrogen-bond acceptors (Lipinski definition) is 6. The first-order valence-electron chi connectivity index (χ1n) is 9.75. The second-order valence-corrected chi connectivity index (χ2v) is 6.98. The fraction of sp³-hybridized carbons (Fsp3) is 0.450. The number of nitrogens with zero attached hydrogens (tertiary/aromatic N) is 5. The Balaban J connectivity index is 1.14. The lowest BCUT2D eigenvalue weighted by Gasteiger charge is -2.34. The number of aliphatic imine (C=N–C) groups is 1. The van der Waals surface area contributed by atoms with Crippen LogP contribution in [-0.4, -0.2) is 66.6 Å². The van der Waals surface area contributed by atoms with E-state index < -0.39 is 5.82 Å². The number of para-hydroxylation sites is 2. The van der Waals surface area contributed by atoms with Gasteiger partial charge < -0.3 is 15.0 Å². The molecular weight excluding hydrogens is 359 g/mol. The van der Waals surface area contributed by atoms with E-state index in [1.165, 1.54) is 12.4 Å². The summed E-state index contributed by atoms with van der Waals surface area (Å²) in [5.41, 5.74) is 0.982. The van der Waals surface area contributed by atoms with Crippen molar-refractivity contribution in [3.63, 3.8) is 0 Å². The minimum Gasteiger partial charge on any atom is -0.484 e. The van der Waals surface area contributed by atoms with Gasteiger partial charge in [0.05, 0.1) is 18.1 Å². The Morgan fingerprint density at radius 2 is 1.86 bits per heavy atom. The summed E-state index contributed by atoms with van der Waals surface area (Å²) in [7, 11) is 0. The lowest BCUT2D eigenvalue weighted by molar-refractivity contribution is 0.252. The molecule has 3 heterocycles. The molecule has 1 aromatic heterocycles. The highest BCUT2D eigenvalue weighted by atomic mass is 19.1. The molecule has 0 spiro atoms. The number of nitrogens with one attached hydrogen (secondary N) is 1. The number of amidine groups is 1. The SMILES string of the molecule is Fc1cnc(N2CCN(CCCCN=C3COc4ccccc4N3)CC2)nc1. The first-order valence-corrected chi connectivity index (χ1v) is 9.75. The zero-order chi connectivity index (χ0) is 19.2. The molecule has 2 aliphatic rings. The van der Waals surface area contributed by atoms with Gasteiger partial charge >= 0.3 is 0 Å². The molecule has 1 fully saturated rings. The lowest BCUT2D eigenvalue weighted by Crippen LogP contribution is -2.47. The molecule has 0 saturated carbocycles. The minimum atomic E-state index is -0.398. The number of unbranched alkanes of at least 4 members (excludes halogenated alkanes) is 1. The number of piperazine rings is 1. The van der Waals surface area contributed by atoms with Crippen LogP contribution < -0.4 is 15.0 Å². The third-order valence-corrected chi connectivity index (χ3v) is 4.98. The van der Waals surface area contributed by atoms with Gasteiger partial charge in [-0.3, -0.25) is 9.89 Å². The average molecular weight is 384 g/mol. The molecule has 0 unspecified atom stereocenters. The fourth-order valence-corrected chi connectivity index (χ4v) is 3.42. The summed E-state index contributed by atoms with van der Waals surface area (Å²) >= 11 is 0. The van der Waals surface area contributed by atoms with Crippen molar-refractivity contribution in [3.8, 4) is 5.75 Å². The molecule has 4 rings (SSSR count). The Morgan fingerprint density at radius 1 is 1.07 bits per heavy atom. The van der Waals surface area contributed by atoms with Gasteiger partial charge in [0.1, 0.15) is 18.2 Å². The summed E-state index contributed by atoms with van der Waals surface area (Å²) in [5.74, 6) is 1.99. The predicted molar refractivity (Wildman–Crippen MR) is 108 cm³/mol. The van der Waals surface area contributed by atoms with Crippen LogP contribution in [0.4, 0.5) is 16.0 Å². The number of aromatic nitrogens is 2. The van der Waals surface area contributed by atoms with E-state index in [0.717, 1.165) is 69.4 Å². The van der Waals surface area contributed by atoms with Crippen molar-refractivity contribution in [3.05, 3.63) is 42.5 Å². The molecule has 0 aliphatic carbocycles. The lowest BCUT2D eigenvalue weighted by atomic mass is 10.2. The maximum Gasteiger partial charge on any atom is 0.225 e. The normalized spacial score (nSPS) is 18.5. The smallest absolute Gasteiger partial charge is 0.225 e. The molecule has 1 N–H and O–H groups in total. The average Bonchev–Trinajstić information content (AvgIpc) is 2.74. The van der Waals surface area contributed by atoms with Gasteiger partial charge in [0.25, 0.3) is 0 Å². The van der Waals surface area contributed by atoms with Gasteiger partial charge in [0.2, 0.25) is 5.95 Å². The van der Waals surface area contributed by atoms with Crippen molar-refractivity contribution in [1.29, 1.82) is 0 Å². The van der Waals surface area contributed by atoms with Gasteiger partial charge in [-0.25, -0.2) is 14.4 Å². The zero-order valence-electron chi connectivity index (χ0n) is 15.9. The van der Waals surface area contributed by atoms with Crippen molar-refractivity contribution in [1.82, 2.24) is 14.9 Å². The Hall–Kier alpha value is -2.74. The number of anilines is 2. The summed E-state index contributed by atoms with van der Waals surface area (Å²) in [6.45, 7) is 6.06. The topological polar surface area (TPSA) is 65.9 Å². The highest BCUT2D eigenvalue weighted by Crippen LogP contribution is 2.26. The molecule has 8 heteroatoms. The monoisotopic (exact) mass is 384 g/mol. The molecule has 0 radical (unpaired) electrons. The van der Waals surface area contributed by atoms with Crippen LogP contribution in [0.5, 0.6) is 5.75 Å². The van der Waals surface area contributed by atoms with Crippen molar-refractivity contribution in [2.24, 2.45) is 4.99 Å². The van der Waals surface area contributed by atoms with Crippen LogP contribution in [0.1, 0.15) is 12.8 Å². The van der Waals surface area contributed by atoms with E-state index in [9.17, 15) is 4.39 Å². The fourth-order valence-electron chi connectivity index (χ4n) is 3.42. The third kappa shape index (κ3) is 4.75. The Morgan fingerprint density at radius 3 is 2.68 bits per heavy atom. The van der Waals surface area contributed by atoms with E-state index in [2.05, 4.69) is 30.1 Å². The highest BCUT2D eigenvalue weighted by molar-refractivity contribution is 5.99. The second kappa shape index (κ2) is 8.97. The molecule has 2 aliphatic heterocycles. The van der Waals surface area contributed by atoms with Crippen molar-refractivity contribution < 1.29 is 9.13 Å². The molecule has 0 bridgehead atoms. The minimum absolute atomic E-state index is 0.398. The van der Waals surface area contributed by atoms with Crippen LogP contribution >= 0.6 is 0 Å². The Bertz CT molecular complexity index is 805. The maximum absolute atomic E-state index is 12.9. The van der Waals surface area contributed by atoms with Crippen LogP contribution in [0.2, 0.25) is 0 Å². The van der Waals surface area contributed by atoms with E-state index in [0.29, 0.717) is 12.6 Å². The molecule has 0 amide bonds. The van der Waals surface area contributed by atoms with E-state index in [1.54, 1.807) is 0 Å². The van der Waals surface area contributed by atoms with Gasteiger partial charge in [-0.1, -0.05) is 12.1 Å². The van der Waals surface area contributed by atoms with Crippen LogP contribution in [0, 0.1) is 5.82 Å². The number of hydrogen-bond donors (Lipinski definition) is 1. The standard InChI is InChI=1S/C20H25FN6O/c21-16-13-23-20(24-14-16)27-11-9-26(10-12-27)8-4-3-7-22-19-15-28-18-6-2-1-5-17(18)25-19/h1-2,5-6,13-14H,3-4,7-12,15H2,(H,22,25). The molecular formula is C20H25FN6O. The summed E-state index contributed by atoms with van der Waals surface area (Å²) in [5, 5.41) is 3.33. The van der Waals surface area contributed by atoms with Crippen LogP contribution in [0.25, 0.3) is 0 Å². The summed E-state index contributed by atoms with van der Waals surface area (Å²) in [4.78, 5) is 17.3. The van der Waals surface area contributed by atoms with E-state index >= 15 is 0 Å². The van der Waals surface area contributed by atoms with Crippen LogP contribution in [0.15, 0.2) is 41.7 Å². The first-order chi connectivity index (χ1) is 13.8. The molecule has 28 heavy (non-hydrogen) atoms. The number of rotatable bonds is 6. The van der Waals surface area contributed by atoms with Crippen LogP contribution in [0.3, 0.4) is 0 Å². The van der Waals surface area contributed by atoms with Crippen LogP contribution in [-0.2, 0) is 0 Å². The molecule has 7 nitrogen and oxygen atoms in total. The van der Waals surface area contributed by atoms with Gasteiger partial charge in [-0.05, 0) is 31.5 Å². The number of benzene rings is 1. The number of fused-ring (bicyclic) bond motifs is 1. The quantitative estimate of drug-likeness (QED) is 0.772. The summed E-state index contributed by atoms with van der Waals surface area (Å²) in [6, 6.07) is 7.91. The van der Waals surface area contributed by atoms with E-state index in [-0.39, 0.29) is 0 Å². The first kappa shape index (κ1) is 18.6. The zero-order valence-corrected chi connectivity index (χ0v) is 15.9. The Labute approximate surface area is 164 Å². The predicted octanol–water partition coefficient (Wildman–Crippen LogP) is 2.42. The van der Waals surface area contributed by atoms with Gasteiger partial charge in [-0.2, -0.15) is 0 Å². The summed E-state index contributed by atoms with van der Waals surface area (Å²) < 4.78 is 18.6. The largest absolute Gasteiger partial charge is 0.484 e. The van der Waals surface area contributed by atoms with E-state index in [4.69, 9.17) is 4.74 Å². The number of halogens is 1. The van der Waals surface area contributed by atoms with Gasteiger partial charge in [0.15, 0.2) is 5.82 Å². The second-order valence-electron chi connectivity index (χ2n) is 6.98. The number of ether oxygens (including phenoxy) is 1. The van der Waals surface area contributed by atoms with E-state index in [1.807, 2.05) is 24.3 Å². The maximum atomic E-state index is 12.9. The Kier molecular flexibility index (Phi) is 5.96. The van der Waals surface area contributed by atoms with Crippen molar-refractivity contribution >= 4 is 17.5 Å². The summed E-state index contributed by atoms with van der Waals surface area (Å²) in [6.07, 6.45) is 4.61. The third-order valence-electron chi connectivity index (χ3n) is 4.98. The van der Waals surface area contributed by atoms with Gasteiger partial charge in [0, 0.05) is 32.7 Å². The van der Waals surface area contributed by atoms with Gasteiger partial charge in [-0.15, -0.1) is 0 Å².